The van der Waals surface area contributed by atoms with Crippen LogP contribution in [0.5, 0.6) is 0 Å². The van der Waals surface area contributed by atoms with Gasteiger partial charge in [0.1, 0.15) is 6.04 Å². The SMILES string of the molecule is C.CC(C)[C@@H](NC(=O)c1cncc(-c2cccs2)c1)C(=O)N1CC[C@H](c2ccc(Cl)cc2)C(C)(C)C1.O. The molecule has 1 aliphatic heterocycles. The number of rotatable bonds is 6. The standard InChI is InChI=1S/C28H32ClN3O2S.CH4.H2O/c1-18(2)25(31-26(33)21-14-20(15-30-16-21)24-6-5-13-35-24)27(34)32-12-11-23(28(3,4)17-32)19-7-9-22(29)10-8-19;;/h5-10,13-16,18,23,25H,11-12,17H2,1-4H3,(H,31,33);1H4;1H2/t23-,25-;;/m1../s1. The maximum Gasteiger partial charge on any atom is 0.253 e. The molecule has 1 saturated heterocycles. The number of hydrogen-bond donors (Lipinski definition) is 1. The maximum atomic E-state index is 13.6. The van der Waals surface area contributed by atoms with Gasteiger partial charge in [0.15, 0.2) is 0 Å². The third-order valence-electron chi connectivity index (χ3n) is 6.84. The van der Waals surface area contributed by atoms with Gasteiger partial charge >= 0.3 is 0 Å². The molecule has 0 radical (unpaired) electrons. The van der Waals surface area contributed by atoms with Crippen LogP contribution in [0.2, 0.25) is 5.02 Å². The Morgan fingerprint density at radius 2 is 1.86 bits per heavy atom. The van der Waals surface area contributed by atoms with E-state index in [1.807, 2.05) is 54.5 Å². The molecule has 0 unspecified atom stereocenters. The van der Waals surface area contributed by atoms with E-state index in [1.54, 1.807) is 23.7 Å². The summed E-state index contributed by atoms with van der Waals surface area (Å²) in [7, 11) is 0. The number of piperidine rings is 1. The van der Waals surface area contributed by atoms with Gasteiger partial charge in [-0.15, -0.1) is 11.3 Å². The Bertz CT molecular complexity index is 1180. The number of benzene rings is 1. The van der Waals surface area contributed by atoms with Gasteiger partial charge in [-0.2, -0.15) is 0 Å². The van der Waals surface area contributed by atoms with E-state index >= 15 is 0 Å². The lowest BCUT2D eigenvalue weighted by Crippen LogP contribution is -2.55. The summed E-state index contributed by atoms with van der Waals surface area (Å²) in [5.74, 6) is -0.0180. The van der Waals surface area contributed by atoms with Crippen molar-refractivity contribution in [2.75, 3.05) is 13.1 Å². The largest absolute Gasteiger partial charge is 0.412 e. The van der Waals surface area contributed by atoms with Crippen LogP contribution in [0.3, 0.4) is 0 Å². The van der Waals surface area contributed by atoms with E-state index in [0.717, 1.165) is 21.9 Å². The van der Waals surface area contributed by atoms with E-state index < -0.39 is 6.04 Å². The number of nitrogens with one attached hydrogen (secondary N) is 1. The van der Waals surface area contributed by atoms with Crippen molar-refractivity contribution in [1.29, 1.82) is 0 Å². The smallest absolute Gasteiger partial charge is 0.253 e. The molecule has 3 N–H and O–H groups in total. The predicted octanol–water partition coefficient (Wildman–Crippen LogP) is 6.07. The van der Waals surface area contributed by atoms with Crippen LogP contribution >= 0.6 is 22.9 Å². The number of hydrogen-bond acceptors (Lipinski definition) is 4. The molecule has 6 nitrogen and oxygen atoms in total. The number of likely N-dealkylation sites (tertiary alicyclic amines) is 1. The van der Waals surface area contributed by atoms with Crippen molar-refractivity contribution in [3.05, 3.63) is 76.4 Å². The Kier molecular flexibility index (Phi) is 10.4. The highest BCUT2D eigenvalue weighted by Crippen LogP contribution is 2.42. The van der Waals surface area contributed by atoms with Crippen molar-refractivity contribution < 1.29 is 15.1 Å². The number of amides is 2. The molecule has 2 atom stereocenters. The molecule has 0 spiro atoms. The van der Waals surface area contributed by atoms with Gasteiger partial charge in [0.2, 0.25) is 5.91 Å². The lowest BCUT2D eigenvalue weighted by molar-refractivity contribution is -0.137. The molecule has 0 bridgehead atoms. The summed E-state index contributed by atoms with van der Waals surface area (Å²) in [6.45, 7) is 9.63. The van der Waals surface area contributed by atoms with Gasteiger partial charge in [0, 0.05) is 40.9 Å². The van der Waals surface area contributed by atoms with Gasteiger partial charge in [0.25, 0.3) is 5.91 Å². The summed E-state index contributed by atoms with van der Waals surface area (Å²) < 4.78 is 0. The molecular weight excluding hydrogens is 506 g/mol. The molecule has 1 aliphatic rings. The van der Waals surface area contributed by atoms with E-state index in [9.17, 15) is 9.59 Å². The van der Waals surface area contributed by atoms with Crippen molar-refractivity contribution >= 4 is 34.8 Å². The number of nitrogens with zero attached hydrogens (tertiary/aromatic N) is 2. The van der Waals surface area contributed by atoms with Gasteiger partial charge in [-0.05, 0) is 58.9 Å². The fraction of sp³-hybridized carbons (Fsp3) is 0.414. The minimum Gasteiger partial charge on any atom is -0.412 e. The first kappa shape index (κ1) is 30.5. The molecule has 1 fully saturated rings. The molecule has 4 rings (SSSR count). The summed E-state index contributed by atoms with van der Waals surface area (Å²) in [5.41, 5.74) is 2.49. The highest BCUT2D eigenvalue weighted by molar-refractivity contribution is 7.13. The molecule has 0 aliphatic carbocycles. The Morgan fingerprint density at radius 3 is 2.46 bits per heavy atom. The zero-order valence-electron chi connectivity index (χ0n) is 21.1. The molecule has 3 heterocycles. The monoisotopic (exact) mass is 543 g/mol. The third kappa shape index (κ3) is 6.98. The normalized spacial score (nSPS) is 17.4. The van der Waals surface area contributed by atoms with E-state index in [4.69, 9.17) is 11.6 Å². The Labute approximate surface area is 229 Å². The molecular formula is C29H38ClN3O3S. The van der Waals surface area contributed by atoms with Crippen LogP contribution in [0, 0.1) is 11.3 Å². The van der Waals surface area contributed by atoms with Crippen molar-refractivity contribution in [2.45, 2.75) is 53.5 Å². The zero-order valence-corrected chi connectivity index (χ0v) is 22.7. The summed E-state index contributed by atoms with van der Waals surface area (Å²) in [5, 5.41) is 5.72. The molecule has 1 aromatic carbocycles. The molecule has 37 heavy (non-hydrogen) atoms. The van der Waals surface area contributed by atoms with Crippen molar-refractivity contribution in [1.82, 2.24) is 15.2 Å². The second kappa shape index (κ2) is 12.7. The molecule has 8 heteroatoms. The topological polar surface area (TPSA) is 93.8 Å². The van der Waals surface area contributed by atoms with Gasteiger partial charge in [-0.1, -0.05) is 64.9 Å². The van der Waals surface area contributed by atoms with Crippen LogP contribution in [0.1, 0.15) is 63.4 Å². The summed E-state index contributed by atoms with van der Waals surface area (Å²) in [6.07, 6.45) is 4.17. The number of pyridine rings is 1. The highest BCUT2D eigenvalue weighted by Gasteiger charge is 2.40. The molecule has 200 valence electrons. The quantitative estimate of drug-likeness (QED) is 0.408. The third-order valence-corrected chi connectivity index (χ3v) is 8.01. The highest BCUT2D eigenvalue weighted by atomic mass is 35.5. The Hall–Kier alpha value is -2.74. The number of aromatic nitrogens is 1. The zero-order chi connectivity index (χ0) is 25.2. The minimum atomic E-state index is -0.601. The molecule has 0 saturated carbocycles. The van der Waals surface area contributed by atoms with Gasteiger partial charge in [-0.3, -0.25) is 14.6 Å². The van der Waals surface area contributed by atoms with Crippen molar-refractivity contribution in [3.8, 4) is 10.4 Å². The van der Waals surface area contributed by atoms with Crippen LogP contribution in [-0.4, -0.2) is 46.3 Å². The van der Waals surface area contributed by atoms with Crippen LogP contribution in [-0.2, 0) is 4.79 Å². The van der Waals surface area contributed by atoms with Crippen LogP contribution in [0.15, 0.2) is 60.2 Å². The average molecular weight is 544 g/mol. The van der Waals surface area contributed by atoms with Crippen LogP contribution < -0.4 is 5.32 Å². The van der Waals surface area contributed by atoms with Crippen molar-refractivity contribution in [2.24, 2.45) is 11.3 Å². The van der Waals surface area contributed by atoms with E-state index in [1.165, 1.54) is 5.56 Å². The Balaban J connectivity index is 0.00000241. The second-order valence-corrected chi connectivity index (χ2v) is 11.7. The van der Waals surface area contributed by atoms with Gasteiger partial charge in [0.05, 0.1) is 5.56 Å². The second-order valence-electron chi connectivity index (χ2n) is 10.3. The van der Waals surface area contributed by atoms with E-state index in [0.29, 0.717) is 24.6 Å². The number of carbonyl (C=O) groups is 2. The average Bonchev–Trinajstić information content (AvgIpc) is 3.37. The summed E-state index contributed by atoms with van der Waals surface area (Å²) >= 11 is 7.68. The van der Waals surface area contributed by atoms with Crippen LogP contribution in [0.4, 0.5) is 0 Å². The lowest BCUT2D eigenvalue weighted by atomic mass is 9.70. The number of thiophene rings is 1. The summed E-state index contributed by atoms with van der Waals surface area (Å²) in [4.78, 5) is 34.0. The maximum absolute atomic E-state index is 13.6. The van der Waals surface area contributed by atoms with Crippen molar-refractivity contribution in [3.63, 3.8) is 0 Å². The first-order valence-electron chi connectivity index (χ1n) is 12.0. The van der Waals surface area contributed by atoms with Gasteiger partial charge < -0.3 is 15.7 Å². The minimum absolute atomic E-state index is 0. The van der Waals surface area contributed by atoms with Gasteiger partial charge in [-0.25, -0.2) is 0 Å². The first-order chi connectivity index (χ1) is 16.7. The number of halogens is 1. The Morgan fingerprint density at radius 1 is 1.16 bits per heavy atom. The fourth-order valence-corrected chi connectivity index (χ4v) is 5.77. The fourth-order valence-electron chi connectivity index (χ4n) is 4.93. The van der Waals surface area contributed by atoms with Crippen LogP contribution in [0.25, 0.3) is 10.4 Å². The first-order valence-corrected chi connectivity index (χ1v) is 13.3. The molecule has 2 amide bonds. The van der Waals surface area contributed by atoms with E-state index in [2.05, 4.69) is 36.3 Å². The predicted molar refractivity (Wildman–Crippen MR) is 153 cm³/mol. The lowest BCUT2D eigenvalue weighted by Gasteiger charge is -2.45. The van der Waals surface area contributed by atoms with E-state index in [-0.39, 0.29) is 36.1 Å². The number of carbonyl (C=O) groups excluding carboxylic acids is 2. The summed E-state index contributed by atoms with van der Waals surface area (Å²) in [6, 6.07) is 13.2. The molecule has 2 aromatic heterocycles. The molecule has 3 aromatic rings.